The Hall–Kier alpha value is -2.68. The summed E-state index contributed by atoms with van der Waals surface area (Å²) in [6.07, 6.45) is 0. The standard InChI is InChI=1S/C21H22O3/c1-14(16-10-9-15-7-5-6-8-17(15)11-16)21-19(23-3)12-18(22-2)13-20(21)24-4/h5-14H,1-4H3. The lowest BCUT2D eigenvalue weighted by Gasteiger charge is -2.21. The molecule has 3 rings (SSSR count). The first-order valence-electron chi connectivity index (χ1n) is 7.96. The molecule has 0 radical (unpaired) electrons. The van der Waals surface area contributed by atoms with Crippen LogP contribution in [0.25, 0.3) is 10.8 Å². The Kier molecular flexibility index (Phi) is 4.61. The van der Waals surface area contributed by atoms with Crippen LogP contribution in [0.2, 0.25) is 0 Å². The maximum atomic E-state index is 5.60. The molecule has 1 atom stereocenters. The van der Waals surface area contributed by atoms with Crippen molar-refractivity contribution in [2.75, 3.05) is 21.3 Å². The van der Waals surface area contributed by atoms with Crippen LogP contribution in [-0.2, 0) is 0 Å². The largest absolute Gasteiger partial charge is 0.496 e. The summed E-state index contributed by atoms with van der Waals surface area (Å²) in [5, 5.41) is 2.47. The molecule has 0 saturated heterocycles. The van der Waals surface area contributed by atoms with Crippen molar-refractivity contribution in [3.05, 3.63) is 65.7 Å². The minimum absolute atomic E-state index is 0.130. The van der Waals surface area contributed by atoms with E-state index >= 15 is 0 Å². The Morgan fingerprint density at radius 1 is 0.708 bits per heavy atom. The van der Waals surface area contributed by atoms with Gasteiger partial charge in [0.05, 0.1) is 21.3 Å². The molecule has 0 saturated carbocycles. The van der Waals surface area contributed by atoms with Gasteiger partial charge in [-0.05, 0) is 16.3 Å². The zero-order chi connectivity index (χ0) is 17.1. The van der Waals surface area contributed by atoms with Crippen molar-refractivity contribution in [1.82, 2.24) is 0 Å². The third kappa shape index (κ3) is 2.90. The SMILES string of the molecule is COc1cc(OC)c(C(C)c2ccc3ccccc3c2)c(OC)c1. The number of benzene rings is 3. The number of hydrogen-bond acceptors (Lipinski definition) is 3. The molecule has 0 fully saturated rings. The second-order valence-electron chi connectivity index (χ2n) is 5.77. The minimum Gasteiger partial charge on any atom is -0.496 e. The van der Waals surface area contributed by atoms with Crippen molar-refractivity contribution >= 4 is 10.8 Å². The minimum atomic E-state index is 0.130. The van der Waals surface area contributed by atoms with Gasteiger partial charge in [-0.2, -0.15) is 0 Å². The van der Waals surface area contributed by atoms with Crippen molar-refractivity contribution in [3.8, 4) is 17.2 Å². The fraction of sp³-hybridized carbons (Fsp3) is 0.238. The average molecular weight is 322 g/mol. The first kappa shape index (κ1) is 16.2. The van der Waals surface area contributed by atoms with Crippen LogP contribution in [0.4, 0.5) is 0 Å². The van der Waals surface area contributed by atoms with Crippen molar-refractivity contribution in [1.29, 1.82) is 0 Å². The molecule has 0 bridgehead atoms. The molecule has 0 aromatic heterocycles. The number of hydrogen-bond donors (Lipinski definition) is 0. The highest BCUT2D eigenvalue weighted by Crippen LogP contribution is 2.42. The molecule has 0 aliphatic heterocycles. The van der Waals surface area contributed by atoms with E-state index < -0.39 is 0 Å². The first-order chi connectivity index (χ1) is 11.7. The van der Waals surface area contributed by atoms with Gasteiger partial charge in [-0.15, -0.1) is 0 Å². The second-order valence-corrected chi connectivity index (χ2v) is 5.77. The predicted molar refractivity (Wildman–Crippen MR) is 97.6 cm³/mol. The summed E-state index contributed by atoms with van der Waals surface area (Å²) >= 11 is 0. The first-order valence-corrected chi connectivity index (χ1v) is 7.96. The fourth-order valence-electron chi connectivity index (χ4n) is 3.10. The van der Waals surface area contributed by atoms with Gasteiger partial charge < -0.3 is 14.2 Å². The van der Waals surface area contributed by atoms with Crippen LogP contribution in [0.5, 0.6) is 17.2 Å². The molecule has 3 aromatic carbocycles. The summed E-state index contributed by atoms with van der Waals surface area (Å²) in [6.45, 7) is 2.16. The molecule has 0 heterocycles. The number of ether oxygens (including phenoxy) is 3. The maximum Gasteiger partial charge on any atom is 0.130 e. The molecular formula is C21H22O3. The summed E-state index contributed by atoms with van der Waals surface area (Å²) in [5.74, 6) is 2.39. The van der Waals surface area contributed by atoms with Crippen molar-refractivity contribution < 1.29 is 14.2 Å². The monoisotopic (exact) mass is 322 g/mol. The van der Waals surface area contributed by atoms with E-state index in [-0.39, 0.29) is 5.92 Å². The van der Waals surface area contributed by atoms with Crippen molar-refractivity contribution in [2.24, 2.45) is 0 Å². The lowest BCUT2D eigenvalue weighted by Crippen LogP contribution is -2.03. The molecule has 24 heavy (non-hydrogen) atoms. The quantitative estimate of drug-likeness (QED) is 0.660. The molecule has 0 aliphatic rings. The molecule has 0 aliphatic carbocycles. The van der Waals surface area contributed by atoms with E-state index in [2.05, 4.69) is 49.4 Å². The second kappa shape index (κ2) is 6.83. The van der Waals surface area contributed by atoms with Gasteiger partial charge in [0.2, 0.25) is 0 Å². The summed E-state index contributed by atoms with van der Waals surface area (Å²) in [7, 11) is 4.98. The van der Waals surface area contributed by atoms with Gasteiger partial charge in [-0.3, -0.25) is 0 Å². The van der Waals surface area contributed by atoms with Crippen LogP contribution in [0, 0.1) is 0 Å². The summed E-state index contributed by atoms with van der Waals surface area (Å²) in [5.41, 5.74) is 2.24. The van der Waals surface area contributed by atoms with Crippen LogP contribution in [0.1, 0.15) is 24.0 Å². The van der Waals surface area contributed by atoms with E-state index in [0.717, 1.165) is 22.8 Å². The van der Waals surface area contributed by atoms with Crippen molar-refractivity contribution in [2.45, 2.75) is 12.8 Å². The topological polar surface area (TPSA) is 27.7 Å². The van der Waals surface area contributed by atoms with E-state index in [1.165, 1.54) is 16.3 Å². The van der Waals surface area contributed by atoms with Gasteiger partial charge >= 0.3 is 0 Å². The normalized spacial score (nSPS) is 12.0. The number of methoxy groups -OCH3 is 3. The maximum absolute atomic E-state index is 5.60. The van der Waals surface area contributed by atoms with Crippen molar-refractivity contribution in [3.63, 3.8) is 0 Å². The molecule has 124 valence electrons. The molecule has 0 spiro atoms. The van der Waals surface area contributed by atoms with Gasteiger partial charge in [-0.1, -0.05) is 49.4 Å². The van der Waals surface area contributed by atoms with Gasteiger partial charge in [0, 0.05) is 23.6 Å². The third-order valence-corrected chi connectivity index (χ3v) is 4.46. The van der Waals surface area contributed by atoms with Gasteiger partial charge in [0.25, 0.3) is 0 Å². The number of rotatable bonds is 5. The Labute approximate surface area is 142 Å². The molecule has 0 amide bonds. The fourth-order valence-corrected chi connectivity index (χ4v) is 3.10. The highest BCUT2D eigenvalue weighted by Gasteiger charge is 2.20. The molecule has 3 nitrogen and oxygen atoms in total. The highest BCUT2D eigenvalue weighted by molar-refractivity contribution is 5.83. The van der Waals surface area contributed by atoms with E-state index in [9.17, 15) is 0 Å². The molecule has 1 unspecified atom stereocenters. The average Bonchev–Trinajstić information content (AvgIpc) is 2.65. The van der Waals surface area contributed by atoms with E-state index in [4.69, 9.17) is 14.2 Å². The lowest BCUT2D eigenvalue weighted by molar-refractivity contribution is 0.367. The van der Waals surface area contributed by atoms with Gasteiger partial charge in [-0.25, -0.2) is 0 Å². The van der Waals surface area contributed by atoms with E-state index in [1.807, 2.05) is 12.1 Å². The van der Waals surface area contributed by atoms with Gasteiger partial charge in [0.15, 0.2) is 0 Å². The van der Waals surface area contributed by atoms with E-state index in [1.54, 1.807) is 21.3 Å². The summed E-state index contributed by atoms with van der Waals surface area (Å²) in [4.78, 5) is 0. The van der Waals surface area contributed by atoms with E-state index in [0.29, 0.717) is 0 Å². The zero-order valence-corrected chi connectivity index (χ0v) is 14.5. The Morgan fingerprint density at radius 2 is 1.33 bits per heavy atom. The van der Waals surface area contributed by atoms with Crippen LogP contribution >= 0.6 is 0 Å². The molecule has 3 heteroatoms. The smallest absolute Gasteiger partial charge is 0.130 e. The third-order valence-electron chi connectivity index (χ3n) is 4.46. The van der Waals surface area contributed by atoms with Gasteiger partial charge in [0.1, 0.15) is 17.2 Å². The zero-order valence-electron chi connectivity index (χ0n) is 14.5. The lowest BCUT2D eigenvalue weighted by atomic mass is 9.90. The Morgan fingerprint density at radius 3 is 1.92 bits per heavy atom. The predicted octanol–water partition coefficient (Wildman–Crippen LogP) is 5.02. The number of fused-ring (bicyclic) bond motifs is 1. The van der Waals surface area contributed by atoms with Crippen LogP contribution in [-0.4, -0.2) is 21.3 Å². The van der Waals surface area contributed by atoms with Crippen LogP contribution in [0.3, 0.4) is 0 Å². The summed E-state index contributed by atoms with van der Waals surface area (Å²) in [6, 6.07) is 18.7. The molecule has 3 aromatic rings. The molecule has 0 N–H and O–H groups in total. The van der Waals surface area contributed by atoms with Crippen LogP contribution in [0.15, 0.2) is 54.6 Å². The Balaban J connectivity index is 2.12. The highest BCUT2D eigenvalue weighted by atomic mass is 16.5. The van der Waals surface area contributed by atoms with Crippen LogP contribution < -0.4 is 14.2 Å². The summed E-state index contributed by atoms with van der Waals surface area (Å²) < 4.78 is 16.5. The molecular weight excluding hydrogens is 300 g/mol. The Bertz CT molecular complexity index is 830.